The summed E-state index contributed by atoms with van der Waals surface area (Å²) in [7, 11) is 0. The van der Waals surface area contributed by atoms with Gasteiger partial charge >= 0.3 is 0 Å². The van der Waals surface area contributed by atoms with Gasteiger partial charge in [0.1, 0.15) is 12.3 Å². The Morgan fingerprint density at radius 2 is 1.97 bits per heavy atom. The van der Waals surface area contributed by atoms with E-state index in [1.165, 1.54) is 6.92 Å². The molecule has 0 bridgehead atoms. The molecule has 1 aliphatic carbocycles. The predicted octanol–water partition coefficient (Wildman–Crippen LogP) is 5.67. The van der Waals surface area contributed by atoms with Crippen molar-refractivity contribution >= 4 is 39.7 Å². The zero-order valence-electron chi connectivity index (χ0n) is 19.9. The summed E-state index contributed by atoms with van der Waals surface area (Å²) in [5.74, 6) is -0.799. The van der Waals surface area contributed by atoms with Gasteiger partial charge in [0.25, 0.3) is 0 Å². The zero-order valence-corrected chi connectivity index (χ0v) is 20.7. The van der Waals surface area contributed by atoms with Crippen molar-refractivity contribution in [2.75, 3.05) is 17.7 Å². The number of ether oxygens (including phenoxy) is 1. The molecule has 1 unspecified atom stereocenters. The topological polar surface area (TPSA) is 86.4 Å². The molecule has 1 atom stereocenters. The largest absolute Gasteiger partial charge is 0.487 e. The number of fused-ring (bicyclic) bond motifs is 1. The van der Waals surface area contributed by atoms with Gasteiger partial charge in [-0.15, -0.1) is 0 Å². The maximum Gasteiger partial charge on any atom is 0.202 e. The van der Waals surface area contributed by atoms with Gasteiger partial charge in [-0.3, -0.25) is 9.59 Å². The monoisotopic (exact) mass is 497 g/mol. The van der Waals surface area contributed by atoms with Crippen molar-refractivity contribution in [3.05, 3.63) is 62.7 Å². The van der Waals surface area contributed by atoms with Crippen molar-refractivity contribution < 1.29 is 13.9 Å². The van der Waals surface area contributed by atoms with Gasteiger partial charge in [-0.1, -0.05) is 36.6 Å². The lowest BCUT2D eigenvalue weighted by molar-refractivity contribution is 0.101. The minimum Gasteiger partial charge on any atom is -0.487 e. The smallest absolute Gasteiger partial charge is 0.202 e. The summed E-state index contributed by atoms with van der Waals surface area (Å²) in [6.07, 6.45) is 6.91. The van der Waals surface area contributed by atoms with Crippen molar-refractivity contribution in [2.24, 2.45) is 0 Å². The van der Waals surface area contributed by atoms with Gasteiger partial charge in [-0.25, -0.2) is 4.39 Å². The maximum absolute atomic E-state index is 15.7. The van der Waals surface area contributed by atoms with Crippen molar-refractivity contribution in [3.63, 3.8) is 0 Å². The molecule has 8 heteroatoms. The zero-order chi connectivity index (χ0) is 24.9. The molecule has 1 aromatic heterocycles. The number of benzene rings is 2. The highest BCUT2D eigenvalue weighted by Gasteiger charge is 2.42. The number of hydrogen-bond acceptors (Lipinski definition) is 5. The van der Waals surface area contributed by atoms with Crippen LogP contribution in [0.3, 0.4) is 0 Å². The Morgan fingerprint density at radius 3 is 2.63 bits per heavy atom. The van der Waals surface area contributed by atoms with E-state index in [9.17, 15) is 9.59 Å². The van der Waals surface area contributed by atoms with Gasteiger partial charge < -0.3 is 20.4 Å². The van der Waals surface area contributed by atoms with Crippen LogP contribution in [0, 0.1) is 5.82 Å². The minimum atomic E-state index is -0.724. The number of rotatable bonds is 6. The Labute approximate surface area is 208 Å². The highest BCUT2D eigenvalue weighted by Crippen LogP contribution is 2.49. The number of anilines is 2. The van der Waals surface area contributed by atoms with Crippen molar-refractivity contribution in [3.8, 4) is 5.75 Å². The second-order valence-electron chi connectivity index (χ2n) is 9.88. The fourth-order valence-electron chi connectivity index (χ4n) is 5.49. The first-order valence-corrected chi connectivity index (χ1v) is 12.4. The van der Waals surface area contributed by atoms with Crippen LogP contribution < -0.4 is 21.2 Å². The number of hydrogen-bond donors (Lipinski definition) is 2. The third-order valence-corrected chi connectivity index (χ3v) is 7.71. The number of nitrogens with two attached hydrogens (primary N) is 1. The Hall–Kier alpha value is -3.06. The number of nitrogen functional groups attached to an aromatic ring is 1. The van der Waals surface area contributed by atoms with Crippen LogP contribution in [0.15, 0.2) is 35.3 Å². The molecule has 0 amide bonds. The molecule has 1 spiro atoms. The lowest BCUT2D eigenvalue weighted by Gasteiger charge is -2.39. The summed E-state index contributed by atoms with van der Waals surface area (Å²) in [6, 6.07) is 7.55. The van der Waals surface area contributed by atoms with Crippen LogP contribution in [0.25, 0.3) is 10.9 Å². The van der Waals surface area contributed by atoms with E-state index in [1.807, 2.05) is 35.8 Å². The van der Waals surface area contributed by atoms with Gasteiger partial charge in [-0.05, 0) is 57.2 Å². The predicted molar refractivity (Wildman–Crippen MR) is 137 cm³/mol. The molecule has 1 saturated carbocycles. The van der Waals surface area contributed by atoms with E-state index in [2.05, 4.69) is 5.32 Å². The molecule has 5 rings (SSSR count). The molecule has 3 N–H and O–H groups in total. The molecular weight excluding hydrogens is 469 g/mol. The van der Waals surface area contributed by atoms with Gasteiger partial charge in [0, 0.05) is 17.3 Å². The number of carbonyl (C=O) groups excluding carboxylic acids is 1. The van der Waals surface area contributed by atoms with Crippen LogP contribution in [0.2, 0.25) is 5.02 Å². The summed E-state index contributed by atoms with van der Waals surface area (Å²) < 4.78 is 23.9. The molecule has 0 radical (unpaired) electrons. The number of aryl methyl sites for hydroxylation is 1. The average molecular weight is 498 g/mol. The van der Waals surface area contributed by atoms with Gasteiger partial charge in [0.15, 0.2) is 17.3 Å². The van der Waals surface area contributed by atoms with Crippen molar-refractivity contribution in [1.82, 2.24) is 4.57 Å². The Kier molecular flexibility index (Phi) is 5.99. The first kappa shape index (κ1) is 23.7. The third-order valence-electron chi connectivity index (χ3n) is 7.45. The first-order valence-electron chi connectivity index (χ1n) is 12.1. The molecule has 2 aliphatic rings. The fourth-order valence-corrected chi connectivity index (χ4v) is 5.62. The number of nitrogens with zero attached hydrogens (tertiary/aromatic N) is 1. The summed E-state index contributed by atoms with van der Waals surface area (Å²) in [5, 5.41) is 3.96. The quantitative estimate of drug-likeness (QED) is 0.338. The summed E-state index contributed by atoms with van der Waals surface area (Å²) >= 11 is 5.97. The highest BCUT2D eigenvalue weighted by atomic mass is 35.5. The SMILES string of the molecule is CC(=O)c1cn2c3c(c(NC(C)CCc4ccc(Cl)cc4)c(F)c(N)c3c1=O)OCC21CCCC1. The number of nitrogens with one attached hydrogen (secondary N) is 1. The van der Waals surface area contributed by atoms with Crippen LogP contribution >= 0.6 is 11.6 Å². The first-order chi connectivity index (χ1) is 16.7. The van der Waals surface area contributed by atoms with E-state index >= 15 is 4.39 Å². The van der Waals surface area contributed by atoms with Gasteiger partial charge in [0.2, 0.25) is 5.43 Å². The van der Waals surface area contributed by atoms with E-state index in [4.69, 9.17) is 22.1 Å². The molecule has 1 fully saturated rings. The number of pyridine rings is 1. The third kappa shape index (κ3) is 3.96. The van der Waals surface area contributed by atoms with E-state index in [-0.39, 0.29) is 45.4 Å². The second kappa shape index (κ2) is 8.86. The summed E-state index contributed by atoms with van der Waals surface area (Å²) in [4.78, 5) is 25.5. The van der Waals surface area contributed by atoms with Crippen LogP contribution in [-0.4, -0.2) is 23.0 Å². The summed E-state index contributed by atoms with van der Waals surface area (Å²) in [6.45, 7) is 3.67. The standard InChI is InChI=1S/C27H29ClFN3O3/c1-15(5-6-17-7-9-18(28)10-8-17)31-23-21(29)22(30)20-24-26(23)35-14-27(11-3-4-12-27)32(24)13-19(16(2)33)25(20)34/h7-10,13,15,31H,3-6,11-12,14,30H2,1-2H3. The van der Waals surface area contributed by atoms with Gasteiger partial charge in [-0.2, -0.15) is 0 Å². The molecule has 184 valence electrons. The lowest BCUT2D eigenvalue weighted by Crippen LogP contribution is -2.42. The molecule has 3 aromatic rings. The molecule has 0 saturated heterocycles. The van der Waals surface area contributed by atoms with Gasteiger partial charge in [0.05, 0.1) is 27.7 Å². The molecule has 1 aliphatic heterocycles. The number of aromatic nitrogens is 1. The Morgan fingerprint density at radius 1 is 1.29 bits per heavy atom. The number of ketones is 1. The number of Topliss-reactive ketones (excluding diaryl/α,β-unsaturated/α-hetero) is 1. The second-order valence-corrected chi connectivity index (χ2v) is 10.3. The molecular formula is C27H29ClFN3O3. The maximum atomic E-state index is 15.7. The minimum absolute atomic E-state index is 0.0237. The van der Waals surface area contributed by atoms with Crippen molar-refractivity contribution in [2.45, 2.75) is 64.0 Å². The highest BCUT2D eigenvalue weighted by molar-refractivity contribution is 6.30. The van der Waals surface area contributed by atoms with E-state index < -0.39 is 11.2 Å². The summed E-state index contributed by atoms with van der Waals surface area (Å²) in [5.41, 5.74) is 6.86. The van der Waals surface area contributed by atoms with Crippen LogP contribution in [0.4, 0.5) is 15.8 Å². The average Bonchev–Trinajstić information content (AvgIpc) is 3.30. The van der Waals surface area contributed by atoms with E-state index in [1.54, 1.807) is 6.20 Å². The number of carbonyl (C=O) groups is 1. The Bertz CT molecular complexity index is 1380. The lowest BCUT2D eigenvalue weighted by atomic mass is 9.93. The van der Waals surface area contributed by atoms with E-state index in [0.29, 0.717) is 17.1 Å². The molecule has 6 nitrogen and oxygen atoms in total. The van der Waals surface area contributed by atoms with E-state index in [0.717, 1.165) is 44.1 Å². The molecule has 2 heterocycles. The number of halogens is 2. The molecule has 2 aromatic carbocycles. The van der Waals surface area contributed by atoms with Crippen LogP contribution in [-0.2, 0) is 12.0 Å². The molecule has 35 heavy (non-hydrogen) atoms. The van der Waals surface area contributed by atoms with Crippen molar-refractivity contribution in [1.29, 1.82) is 0 Å². The van der Waals surface area contributed by atoms with Crippen LogP contribution in [0.5, 0.6) is 5.75 Å². The normalized spacial score (nSPS) is 16.9. The Balaban J connectivity index is 1.60. The fraction of sp³-hybridized carbons (Fsp3) is 0.407. The van der Waals surface area contributed by atoms with Crippen LogP contribution in [0.1, 0.15) is 61.9 Å².